The van der Waals surface area contributed by atoms with Crippen molar-refractivity contribution in [2.75, 3.05) is 6.61 Å². The molecule has 1 N–H and O–H groups in total. The number of carbonyl (C=O) groups excluding carboxylic acids is 2. The Bertz CT molecular complexity index is 718. The normalized spacial score (nSPS) is 14.5. The molecule has 1 saturated carbocycles. The highest BCUT2D eigenvalue weighted by atomic mass is 32.1. The molecule has 6 heteroatoms. The number of carbonyl (C=O) groups is 2. The highest BCUT2D eigenvalue weighted by Gasteiger charge is 2.19. The summed E-state index contributed by atoms with van der Waals surface area (Å²) in [6.07, 6.45) is 4.30. The van der Waals surface area contributed by atoms with E-state index in [0.717, 1.165) is 36.3 Å². The number of aromatic nitrogens is 1. The summed E-state index contributed by atoms with van der Waals surface area (Å²) in [5.74, 6) is -0.810. The molecular weight excluding hydrogens is 324 g/mol. The molecular formula is C18H20N2O3S. The van der Waals surface area contributed by atoms with E-state index in [0.29, 0.717) is 0 Å². The van der Waals surface area contributed by atoms with Crippen LogP contribution in [0.5, 0.6) is 0 Å². The zero-order valence-electron chi connectivity index (χ0n) is 13.6. The van der Waals surface area contributed by atoms with Crippen LogP contribution in [0.25, 0.3) is 10.6 Å². The van der Waals surface area contributed by atoms with Gasteiger partial charge in [-0.2, -0.15) is 0 Å². The van der Waals surface area contributed by atoms with Crippen molar-refractivity contribution < 1.29 is 14.3 Å². The fourth-order valence-corrected chi connectivity index (χ4v) is 3.54. The van der Waals surface area contributed by atoms with E-state index in [1.807, 2.05) is 31.2 Å². The van der Waals surface area contributed by atoms with Gasteiger partial charge in [0.15, 0.2) is 12.3 Å². The van der Waals surface area contributed by atoms with Gasteiger partial charge in [0.25, 0.3) is 5.91 Å². The Morgan fingerprint density at radius 3 is 2.67 bits per heavy atom. The summed E-state index contributed by atoms with van der Waals surface area (Å²) in [7, 11) is 0. The van der Waals surface area contributed by atoms with Crippen LogP contribution in [0.15, 0.2) is 29.6 Å². The number of nitrogens with one attached hydrogen (secondary N) is 1. The van der Waals surface area contributed by atoms with Crippen LogP contribution in [-0.4, -0.2) is 29.5 Å². The Hall–Kier alpha value is -2.21. The van der Waals surface area contributed by atoms with Crippen LogP contribution in [0, 0.1) is 6.92 Å². The van der Waals surface area contributed by atoms with E-state index < -0.39 is 5.97 Å². The quantitative estimate of drug-likeness (QED) is 0.845. The lowest BCUT2D eigenvalue weighted by molar-refractivity contribution is -0.124. The predicted molar refractivity (Wildman–Crippen MR) is 93.0 cm³/mol. The number of hydrogen-bond acceptors (Lipinski definition) is 5. The first kappa shape index (κ1) is 16.6. The summed E-state index contributed by atoms with van der Waals surface area (Å²) in [5.41, 5.74) is 2.37. The average Bonchev–Trinajstić information content (AvgIpc) is 3.25. The Labute approximate surface area is 145 Å². The molecule has 0 unspecified atom stereocenters. The molecule has 126 valence electrons. The van der Waals surface area contributed by atoms with Crippen molar-refractivity contribution in [3.05, 3.63) is 40.9 Å². The van der Waals surface area contributed by atoms with Crippen LogP contribution in [-0.2, 0) is 9.53 Å². The van der Waals surface area contributed by atoms with Gasteiger partial charge in [-0.25, -0.2) is 9.78 Å². The lowest BCUT2D eigenvalue weighted by Crippen LogP contribution is -2.35. The van der Waals surface area contributed by atoms with Gasteiger partial charge in [0.2, 0.25) is 0 Å². The van der Waals surface area contributed by atoms with Gasteiger partial charge >= 0.3 is 5.97 Å². The second-order valence-corrected chi connectivity index (χ2v) is 6.89. The fourth-order valence-electron chi connectivity index (χ4n) is 2.74. The first-order valence-electron chi connectivity index (χ1n) is 8.11. The molecule has 1 aliphatic rings. The van der Waals surface area contributed by atoms with Crippen molar-refractivity contribution in [3.8, 4) is 10.6 Å². The highest BCUT2D eigenvalue weighted by molar-refractivity contribution is 7.13. The number of ether oxygens (including phenoxy) is 1. The standard InChI is InChI=1S/C18H20N2O3S/c1-12-6-8-13(9-7-12)17-20-15(11-24-17)18(22)23-10-16(21)19-14-4-2-3-5-14/h6-9,11,14H,2-5,10H2,1H3,(H,19,21). The summed E-state index contributed by atoms with van der Waals surface area (Å²) in [4.78, 5) is 28.1. The Kier molecular flexibility index (Phi) is 5.25. The van der Waals surface area contributed by atoms with Crippen LogP contribution < -0.4 is 5.32 Å². The van der Waals surface area contributed by atoms with Crippen molar-refractivity contribution in [1.29, 1.82) is 0 Å². The number of nitrogens with zero attached hydrogens (tertiary/aromatic N) is 1. The zero-order valence-corrected chi connectivity index (χ0v) is 14.4. The van der Waals surface area contributed by atoms with Crippen molar-refractivity contribution in [2.45, 2.75) is 38.6 Å². The topological polar surface area (TPSA) is 68.3 Å². The Morgan fingerprint density at radius 2 is 1.96 bits per heavy atom. The third kappa shape index (κ3) is 4.20. The number of aryl methyl sites for hydroxylation is 1. The molecule has 0 spiro atoms. The molecule has 0 atom stereocenters. The molecule has 1 aromatic carbocycles. The molecule has 0 radical (unpaired) electrons. The molecule has 3 rings (SSSR count). The minimum Gasteiger partial charge on any atom is -0.451 e. The van der Waals surface area contributed by atoms with Gasteiger partial charge in [0.05, 0.1) is 0 Å². The molecule has 5 nitrogen and oxygen atoms in total. The molecule has 0 bridgehead atoms. The highest BCUT2D eigenvalue weighted by Crippen LogP contribution is 2.24. The second-order valence-electron chi connectivity index (χ2n) is 6.03. The average molecular weight is 344 g/mol. The number of thiazole rings is 1. The van der Waals surface area contributed by atoms with Crippen molar-refractivity contribution in [1.82, 2.24) is 10.3 Å². The van der Waals surface area contributed by atoms with Gasteiger partial charge < -0.3 is 10.1 Å². The van der Waals surface area contributed by atoms with Gasteiger partial charge in [-0.05, 0) is 19.8 Å². The third-order valence-electron chi connectivity index (χ3n) is 4.07. The molecule has 0 saturated heterocycles. The maximum absolute atomic E-state index is 12.0. The number of hydrogen-bond donors (Lipinski definition) is 1. The maximum atomic E-state index is 12.0. The summed E-state index contributed by atoms with van der Waals surface area (Å²) < 4.78 is 5.06. The van der Waals surface area contributed by atoms with E-state index in [1.54, 1.807) is 5.38 Å². The van der Waals surface area contributed by atoms with Crippen LogP contribution in [0.4, 0.5) is 0 Å². The molecule has 2 aromatic rings. The first-order chi connectivity index (χ1) is 11.6. The monoisotopic (exact) mass is 344 g/mol. The van der Waals surface area contributed by atoms with E-state index in [-0.39, 0.29) is 24.2 Å². The van der Waals surface area contributed by atoms with Gasteiger partial charge in [-0.15, -0.1) is 11.3 Å². The predicted octanol–water partition coefficient (Wildman–Crippen LogP) is 3.33. The van der Waals surface area contributed by atoms with Gasteiger partial charge in [-0.1, -0.05) is 42.7 Å². The number of amides is 1. The van der Waals surface area contributed by atoms with Gasteiger partial charge in [0.1, 0.15) is 5.01 Å². The smallest absolute Gasteiger partial charge is 0.358 e. The van der Waals surface area contributed by atoms with Crippen LogP contribution in [0.3, 0.4) is 0 Å². The van der Waals surface area contributed by atoms with E-state index in [9.17, 15) is 9.59 Å². The van der Waals surface area contributed by atoms with Crippen molar-refractivity contribution in [2.24, 2.45) is 0 Å². The number of benzene rings is 1. The minimum atomic E-state index is -0.564. The zero-order chi connectivity index (χ0) is 16.9. The van der Waals surface area contributed by atoms with Crippen molar-refractivity contribution >= 4 is 23.2 Å². The Balaban J connectivity index is 1.53. The molecule has 1 fully saturated rings. The molecule has 1 amide bonds. The summed E-state index contributed by atoms with van der Waals surface area (Å²) in [6, 6.07) is 8.17. The summed E-state index contributed by atoms with van der Waals surface area (Å²) in [5, 5.41) is 5.31. The third-order valence-corrected chi connectivity index (χ3v) is 4.96. The van der Waals surface area contributed by atoms with E-state index >= 15 is 0 Å². The van der Waals surface area contributed by atoms with Crippen LogP contribution >= 0.6 is 11.3 Å². The Morgan fingerprint density at radius 1 is 1.25 bits per heavy atom. The van der Waals surface area contributed by atoms with E-state index in [2.05, 4.69) is 10.3 Å². The first-order valence-corrected chi connectivity index (χ1v) is 8.99. The molecule has 1 aromatic heterocycles. The van der Waals surface area contributed by atoms with E-state index in [1.165, 1.54) is 16.9 Å². The molecule has 1 heterocycles. The molecule has 0 aliphatic heterocycles. The number of esters is 1. The molecule has 24 heavy (non-hydrogen) atoms. The van der Waals surface area contributed by atoms with Gasteiger partial charge in [-0.3, -0.25) is 4.79 Å². The van der Waals surface area contributed by atoms with Crippen LogP contribution in [0.1, 0.15) is 41.7 Å². The SMILES string of the molecule is Cc1ccc(-c2nc(C(=O)OCC(=O)NC3CCCC3)cs2)cc1. The fraction of sp³-hybridized carbons (Fsp3) is 0.389. The van der Waals surface area contributed by atoms with E-state index in [4.69, 9.17) is 4.74 Å². The summed E-state index contributed by atoms with van der Waals surface area (Å²) >= 11 is 1.38. The lowest BCUT2D eigenvalue weighted by Gasteiger charge is -2.11. The van der Waals surface area contributed by atoms with Gasteiger partial charge in [0, 0.05) is 17.0 Å². The summed E-state index contributed by atoms with van der Waals surface area (Å²) in [6.45, 7) is 1.76. The largest absolute Gasteiger partial charge is 0.451 e. The maximum Gasteiger partial charge on any atom is 0.358 e. The van der Waals surface area contributed by atoms with Crippen LogP contribution in [0.2, 0.25) is 0 Å². The second kappa shape index (κ2) is 7.57. The van der Waals surface area contributed by atoms with Crippen molar-refractivity contribution in [3.63, 3.8) is 0 Å². The minimum absolute atomic E-state index is 0.226. The lowest BCUT2D eigenvalue weighted by atomic mass is 10.2. The molecule has 1 aliphatic carbocycles. The number of rotatable bonds is 5.